The van der Waals surface area contributed by atoms with E-state index < -0.39 is 5.60 Å². The predicted molar refractivity (Wildman–Crippen MR) is 94.0 cm³/mol. The van der Waals surface area contributed by atoms with Gasteiger partial charge < -0.3 is 29.0 Å². The maximum Gasteiger partial charge on any atom is 0.409 e. The van der Waals surface area contributed by atoms with Crippen LogP contribution in [0.2, 0.25) is 0 Å². The van der Waals surface area contributed by atoms with Crippen LogP contribution in [0.5, 0.6) is 0 Å². The number of amides is 1. The SMILES string of the molecule is CCOC(=O)N1CCN([C@H]2[C@H](OC)C[C@@H]3C[C@H](COC)OC[C@]32O)CC1. The van der Waals surface area contributed by atoms with Gasteiger partial charge in [0.15, 0.2) is 0 Å². The summed E-state index contributed by atoms with van der Waals surface area (Å²) in [5, 5.41) is 11.5. The van der Waals surface area contributed by atoms with E-state index in [-0.39, 0.29) is 30.3 Å². The molecule has 0 spiro atoms. The number of hydrogen-bond acceptors (Lipinski definition) is 7. The van der Waals surface area contributed by atoms with Crippen molar-refractivity contribution >= 4 is 6.09 Å². The first-order chi connectivity index (χ1) is 12.5. The van der Waals surface area contributed by atoms with Crippen LogP contribution in [0.15, 0.2) is 0 Å². The second-order valence-electron chi connectivity index (χ2n) is 7.49. The molecule has 8 heteroatoms. The van der Waals surface area contributed by atoms with E-state index in [4.69, 9.17) is 18.9 Å². The van der Waals surface area contributed by atoms with Gasteiger partial charge in [-0.15, -0.1) is 0 Å². The second kappa shape index (κ2) is 8.39. The summed E-state index contributed by atoms with van der Waals surface area (Å²) >= 11 is 0. The summed E-state index contributed by atoms with van der Waals surface area (Å²) in [4.78, 5) is 15.9. The van der Waals surface area contributed by atoms with Crippen molar-refractivity contribution in [1.82, 2.24) is 9.80 Å². The topological polar surface area (TPSA) is 80.7 Å². The molecule has 2 heterocycles. The maximum absolute atomic E-state index is 11.9. The van der Waals surface area contributed by atoms with E-state index in [2.05, 4.69) is 4.90 Å². The number of methoxy groups -OCH3 is 2. The summed E-state index contributed by atoms with van der Waals surface area (Å²) < 4.78 is 22.0. The van der Waals surface area contributed by atoms with Crippen LogP contribution in [0.25, 0.3) is 0 Å². The molecule has 3 rings (SSSR count). The molecular formula is C18H32N2O6. The van der Waals surface area contributed by atoms with Crippen LogP contribution in [-0.4, -0.2) is 105 Å². The zero-order chi connectivity index (χ0) is 18.7. The van der Waals surface area contributed by atoms with E-state index in [1.54, 1.807) is 19.1 Å². The molecule has 1 saturated carbocycles. The lowest BCUT2D eigenvalue weighted by molar-refractivity contribution is -0.182. The number of piperazine rings is 1. The Morgan fingerprint density at radius 3 is 2.58 bits per heavy atom. The van der Waals surface area contributed by atoms with E-state index in [9.17, 15) is 9.90 Å². The van der Waals surface area contributed by atoms with E-state index in [0.717, 1.165) is 12.8 Å². The maximum atomic E-state index is 11.9. The highest BCUT2D eigenvalue weighted by Crippen LogP contribution is 2.46. The largest absolute Gasteiger partial charge is 0.450 e. The second-order valence-corrected chi connectivity index (χ2v) is 7.49. The molecule has 3 aliphatic rings. The molecule has 8 nitrogen and oxygen atoms in total. The van der Waals surface area contributed by atoms with Gasteiger partial charge in [-0.1, -0.05) is 0 Å². The molecule has 2 saturated heterocycles. The van der Waals surface area contributed by atoms with Crippen molar-refractivity contribution in [2.24, 2.45) is 5.92 Å². The quantitative estimate of drug-likeness (QED) is 0.745. The van der Waals surface area contributed by atoms with Gasteiger partial charge in [-0.25, -0.2) is 4.79 Å². The van der Waals surface area contributed by atoms with Gasteiger partial charge in [0.2, 0.25) is 0 Å². The van der Waals surface area contributed by atoms with Crippen molar-refractivity contribution < 1.29 is 28.8 Å². The van der Waals surface area contributed by atoms with Gasteiger partial charge in [0.1, 0.15) is 5.60 Å². The molecule has 1 amide bonds. The predicted octanol–water partition coefficient (Wildman–Crippen LogP) is 0.330. The van der Waals surface area contributed by atoms with Crippen LogP contribution in [0.3, 0.4) is 0 Å². The van der Waals surface area contributed by atoms with Crippen LogP contribution in [-0.2, 0) is 18.9 Å². The number of carbonyl (C=O) groups excluding carboxylic acids is 1. The first-order valence-corrected chi connectivity index (χ1v) is 9.55. The molecule has 0 aromatic rings. The molecule has 0 radical (unpaired) electrons. The molecule has 2 aliphatic heterocycles. The molecule has 0 aromatic carbocycles. The molecule has 26 heavy (non-hydrogen) atoms. The van der Waals surface area contributed by atoms with Crippen LogP contribution in [0.1, 0.15) is 19.8 Å². The zero-order valence-corrected chi connectivity index (χ0v) is 16.1. The van der Waals surface area contributed by atoms with E-state index in [0.29, 0.717) is 46.0 Å². The van der Waals surface area contributed by atoms with E-state index in [1.165, 1.54) is 0 Å². The Morgan fingerprint density at radius 1 is 1.23 bits per heavy atom. The third-order valence-electron chi connectivity index (χ3n) is 6.07. The van der Waals surface area contributed by atoms with Crippen LogP contribution >= 0.6 is 0 Å². The van der Waals surface area contributed by atoms with Crippen molar-refractivity contribution in [3.05, 3.63) is 0 Å². The lowest BCUT2D eigenvalue weighted by atomic mass is 9.82. The number of rotatable bonds is 5. The molecule has 150 valence electrons. The fraction of sp³-hybridized carbons (Fsp3) is 0.944. The third kappa shape index (κ3) is 3.71. The molecule has 0 unspecified atom stereocenters. The van der Waals surface area contributed by atoms with Gasteiger partial charge in [-0.3, -0.25) is 4.90 Å². The Bertz CT molecular complexity index is 484. The lowest BCUT2D eigenvalue weighted by Gasteiger charge is -2.47. The summed E-state index contributed by atoms with van der Waals surface area (Å²) in [6.45, 7) is 5.63. The highest BCUT2D eigenvalue weighted by Gasteiger charge is 2.59. The number of ether oxygens (including phenoxy) is 4. The Morgan fingerprint density at radius 2 is 1.96 bits per heavy atom. The minimum Gasteiger partial charge on any atom is -0.450 e. The van der Waals surface area contributed by atoms with Gasteiger partial charge in [-0.2, -0.15) is 0 Å². The van der Waals surface area contributed by atoms with Crippen LogP contribution in [0.4, 0.5) is 4.79 Å². The molecule has 3 fully saturated rings. The van der Waals surface area contributed by atoms with Crippen molar-refractivity contribution in [2.75, 3.05) is 60.2 Å². The number of hydrogen-bond donors (Lipinski definition) is 1. The number of aliphatic hydroxyl groups is 1. The summed E-state index contributed by atoms with van der Waals surface area (Å²) in [6.07, 6.45) is 1.33. The minimum absolute atomic E-state index is 0.0298. The van der Waals surface area contributed by atoms with Crippen molar-refractivity contribution in [3.63, 3.8) is 0 Å². The van der Waals surface area contributed by atoms with E-state index >= 15 is 0 Å². The highest BCUT2D eigenvalue weighted by atomic mass is 16.6. The Balaban J connectivity index is 1.66. The number of nitrogens with zero attached hydrogens (tertiary/aromatic N) is 2. The molecule has 1 aliphatic carbocycles. The van der Waals surface area contributed by atoms with Crippen LogP contribution < -0.4 is 0 Å². The number of carbonyl (C=O) groups is 1. The van der Waals surface area contributed by atoms with Gasteiger partial charge in [0.25, 0.3) is 0 Å². The monoisotopic (exact) mass is 372 g/mol. The normalized spacial score (nSPS) is 38.2. The average Bonchev–Trinajstić information content (AvgIpc) is 2.94. The van der Waals surface area contributed by atoms with Crippen molar-refractivity contribution in [3.8, 4) is 0 Å². The fourth-order valence-corrected chi connectivity index (χ4v) is 4.79. The molecule has 0 bridgehead atoms. The standard InChI is InChI=1S/C18H32N2O6/c1-4-25-17(21)20-7-5-19(6-8-20)16-15(24-3)10-13-9-14(11-23-2)26-12-18(13,16)22/h13-16,22H,4-12H2,1-3H3/t13-,14+,15+,16-,18-/m0/s1. The van der Waals surface area contributed by atoms with Crippen LogP contribution in [0, 0.1) is 5.92 Å². The summed E-state index contributed by atoms with van der Waals surface area (Å²) in [6, 6.07) is -0.120. The molecule has 1 N–H and O–H groups in total. The Hall–Kier alpha value is -0.930. The molecule has 0 aromatic heterocycles. The Labute approximate surface area is 155 Å². The van der Waals surface area contributed by atoms with Gasteiger partial charge in [0.05, 0.1) is 38.1 Å². The van der Waals surface area contributed by atoms with Gasteiger partial charge in [0, 0.05) is 40.4 Å². The summed E-state index contributed by atoms with van der Waals surface area (Å²) in [5.41, 5.74) is -0.920. The smallest absolute Gasteiger partial charge is 0.409 e. The summed E-state index contributed by atoms with van der Waals surface area (Å²) in [7, 11) is 3.38. The zero-order valence-electron chi connectivity index (χ0n) is 16.1. The van der Waals surface area contributed by atoms with Gasteiger partial charge >= 0.3 is 6.09 Å². The van der Waals surface area contributed by atoms with Crippen molar-refractivity contribution in [2.45, 2.75) is 43.6 Å². The van der Waals surface area contributed by atoms with E-state index in [1.807, 2.05) is 6.92 Å². The first-order valence-electron chi connectivity index (χ1n) is 9.55. The van der Waals surface area contributed by atoms with Crippen molar-refractivity contribution in [1.29, 1.82) is 0 Å². The lowest BCUT2D eigenvalue weighted by Crippen LogP contribution is -2.64. The van der Waals surface area contributed by atoms with Gasteiger partial charge in [-0.05, 0) is 25.7 Å². The average molecular weight is 372 g/mol. The summed E-state index contributed by atoms with van der Waals surface area (Å²) in [5.74, 6) is 0.134. The number of fused-ring (bicyclic) bond motifs is 1. The molecular weight excluding hydrogens is 340 g/mol. The fourth-order valence-electron chi connectivity index (χ4n) is 4.79. The first kappa shape index (κ1) is 19.8. The third-order valence-corrected chi connectivity index (χ3v) is 6.07. The minimum atomic E-state index is -0.920. The Kier molecular flexibility index (Phi) is 6.40. The molecule has 5 atom stereocenters. The highest BCUT2D eigenvalue weighted by molar-refractivity contribution is 5.67.